The van der Waals surface area contributed by atoms with Crippen LogP contribution in [0.3, 0.4) is 0 Å². The van der Waals surface area contributed by atoms with Crippen molar-refractivity contribution in [1.29, 1.82) is 0 Å². The Morgan fingerprint density at radius 2 is 1.73 bits per heavy atom. The number of hydrogen-bond acceptors (Lipinski definition) is 4. The number of anilines is 1. The van der Waals surface area contributed by atoms with Crippen LogP contribution >= 0.6 is 23.2 Å². The van der Waals surface area contributed by atoms with E-state index in [1.165, 1.54) is 11.0 Å². The molecule has 0 heterocycles. The third-order valence-electron chi connectivity index (χ3n) is 4.87. The van der Waals surface area contributed by atoms with Gasteiger partial charge in [0.05, 0.1) is 17.0 Å². The Morgan fingerprint density at radius 3 is 2.24 bits per heavy atom. The third kappa shape index (κ3) is 7.31. The maximum absolute atomic E-state index is 13.6. The predicted molar refractivity (Wildman–Crippen MR) is 128 cm³/mol. The maximum Gasteiger partial charge on any atom is 0.244 e. The van der Waals surface area contributed by atoms with Crippen LogP contribution in [0.25, 0.3) is 0 Å². The molecule has 0 saturated heterocycles. The lowest BCUT2D eigenvalue weighted by Gasteiger charge is -2.32. The molecule has 180 valence electrons. The molecule has 0 aliphatic carbocycles. The largest absolute Gasteiger partial charge is 0.355 e. The second-order valence-corrected chi connectivity index (χ2v) is 10.1. The molecule has 33 heavy (non-hydrogen) atoms. The van der Waals surface area contributed by atoms with Gasteiger partial charge in [0.2, 0.25) is 21.8 Å². The summed E-state index contributed by atoms with van der Waals surface area (Å²) in [7, 11) is -3.93. The number of halogens is 3. The highest BCUT2D eigenvalue weighted by molar-refractivity contribution is 7.92. The lowest BCUT2D eigenvalue weighted by molar-refractivity contribution is -0.140. The molecule has 0 aliphatic rings. The molecule has 0 aliphatic heterocycles. The monoisotopic (exact) mass is 517 g/mol. The summed E-state index contributed by atoms with van der Waals surface area (Å²) in [4.78, 5) is 27.4. The number of sulfonamides is 1. The lowest BCUT2D eigenvalue weighted by Crippen LogP contribution is -2.52. The number of benzene rings is 2. The van der Waals surface area contributed by atoms with E-state index < -0.39 is 34.3 Å². The SMILES string of the molecule is CCNC(=O)[C@H](CC)N(Cc1ccc(Cl)cc1)C(=O)CN(c1ccc(F)c(Cl)c1)S(C)(=O)=O. The summed E-state index contributed by atoms with van der Waals surface area (Å²) in [5.74, 6) is -1.67. The van der Waals surface area contributed by atoms with Crippen LogP contribution in [0.2, 0.25) is 10.0 Å². The Morgan fingerprint density at radius 1 is 1.09 bits per heavy atom. The van der Waals surface area contributed by atoms with Gasteiger partial charge in [-0.2, -0.15) is 0 Å². The number of likely N-dealkylation sites (N-methyl/N-ethyl adjacent to an activating group) is 1. The fourth-order valence-electron chi connectivity index (χ4n) is 3.25. The maximum atomic E-state index is 13.6. The average molecular weight is 518 g/mol. The summed E-state index contributed by atoms with van der Waals surface area (Å²) in [6.45, 7) is 3.37. The zero-order valence-electron chi connectivity index (χ0n) is 18.5. The fraction of sp³-hybridized carbons (Fsp3) is 0.364. The Bertz CT molecular complexity index is 1100. The molecular weight excluding hydrogens is 492 g/mol. The van der Waals surface area contributed by atoms with Gasteiger partial charge in [0.15, 0.2) is 0 Å². The van der Waals surface area contributed by atoms with E-state index in [9.17, 15) is 22.4 Å². The van der Waals surface area contributed by atoms with Crippen LogP contribution in [-0.4, -0.2) is 50.5 Å². The fourth-order valence-corrected chi connectivity index (χ4v) is 4.39. The summed E-state index contributed by atoms with van der Waals surface area (Å²) in [6.07, 6.45) is 1.24. The Balaban J connectivity index is 2.44. The summed E-state index contributed by atoms with van der Waals surface area (Å²) < 4.78 is 39.4. The van der Waals surface area contributed by atoms with E-state index in [2.05, 4.69) is 5.32 Å². The van der Waals surface area contributed by atoms with Gasteiger partial charge in [-0.25, -0.2) is 12.8 Å². The van der Waals surface area contributed by atoms with E-state index in [0.717, 1.165) is 22.7 Å². The number of hydrogen-bond donors (Lipinski definition) is 1. The van der Waals surface area contributed by atoms with Crippen LogP contribution in [0, 0.1) is 5.82 Å². The van der Waals surface area contributed by atoms with Gasteiger partial charge in [-0.3, -0.25) is 13.9 Å². The smallest absolute Gasteiger partial charge is 0.244 e. The molecular formula is C22H26Cl2FN3O4S. The topological polar surface area (TPSA) is 86.8 Å². The molecule has 0 bridgehead atoms. The molecule has 1 atom stereocenters. The first-order valence-corrected chi connectivity index (χ1v) is 12.8. The van der Waals surface area contributed by atoms with Crippen molar-refractivity contribution < 1.29 is 22.4 Å². The normalized spacial score (nSPS) is 12.2. The molecule has 1 N–H and O–H groups in total. The van der Waals surface area contributed by atoms with Gasteiger partial charge in [-0.15, -0.1) is 0 Å². The molecule has 0 radical (unpaired) electrons. The van der Waals surface area contributed by atoms with E-state index in [1.807, 2.05) is 0 Å². The minimum absolute atomic E-state index is 0.0368. The first-order valence-electron chi connectivity index (χ1n) is 10.2. The molecule has 2 amide bonds. The molecule has 7 nitrogen and oxygen atoms in total. The van der Waals surface area contributed by atoms with Gasteiger partial charge >= 0.3 is 0 Å². The number of nitrogens with zero attached hydrogens (tertiary/aromatic N) is 2. The van der Waals surface area contributed by atoms with E-state index in [-0.39, 0.29) is 23.2 Å². The number of amides is 2. The minimum Gasteiger partial charge on any atom is -0.355 e. The number of carbonyl (C=O) groups excluding carboxylic acids is 2. The molecule has 2 rings (SSSR count). The van der Waals surface area contributed by atoms with Crippen LogP contribution in [0.4, 0.5) is 10.1 Å². The number of carbonyl (C=O) groups is 2. The highest BCUT2D eigenvalue weighted by Crippen LogP contribution is 2.25. The van der Waals surface area contributed by atoms with Crippen molar-refractivity contribution in [1.82, 2.24) is 10.2 Å². The molecule has 0 fully saturated rings. The Hall–Kier alpha value is -2.36. The van der Waals surface area contributed by atoms with Crippen LogP contribution < -0.4 is 9.62 Å². The molecule has 0 saturated carbocycles. The van der Waals surface area contributed by atoms with Crippen molar-refractivity contribution in [2.45, 2.75) is 32.9 Å². The van der Waals surface area contributed by atoms with Gasteiger partial charge in [-0.05, 0) is 49.2 Å². The van der Waals surface area contributed by atoms with Crippen LogP contribution in [0.15, 0.2) is 42.5 Å². The highest BCUT2D eigenvalue weighted by atomic mass is 35.5. The Labute approximate surface area is 203 Å². The third-order valence-corrected chi connectivity index (χ3v) is 6.56. The standard InChI is InChI=1S/C22H26Cl2FN3O4S/c1-4-20(22(30)26-5-2)27(13-15-6-8-16(23)9-7-15)21(29)14-28(33(3,31)32)17-10-11-19(25)18(24)12-17/h6-12,20H,4-5,13-14H2,1-3H3,(H,26,30)/t20-/m0/s1. The zero-order valence-corrected chi connectivity index (χ0v) is 20.8. The second kappa shape index (κ2) is 11.7. The highest BCUT2D eigenvalue weighted by Gasteiger charge is 2.31. The summed E-state index contributed by atoms with van der Waals surface area (Å²) in [5.41, 5.74) is 0.751. The second-order valence-electron chi connectivity index (χ2n) is 7.33. The average Bonchev–Trinajstić information content (AvgIpc) is 2.74. The summed E-state index contributed by atoms with van der Waals surface area (Å²) in [6, 6.07) is 9.32. The van der Waals surface area contributed by atoms with Gasteiger partial charge in [-0.1, -0.05) is 42.3 Å². The van der Waals surface area contributed by atoms with E-state index in [0.29, 0.717) is 23.6 Å². The molecule has 11 heteroatoms. The van der Waals surface area contributed by atoms with Gasteiger partial charge in [0.25, 0.3) is 0 Å². The van der Waals surface area contributed by atoms with Crippen molar-refractivity contribution in [3.8, 4) is 0 Å². The minimum atomic E-state index is -3.93. The van der Waals surface area contributed by atoms with Crippen molar-refractivity contribution in [3.05, 3.63) is 63.9 Å². The quantitative estimate of drug-likeness (QED) is 0.518. The van der Waals surface area contributed by atoms with Crippen LogP contribution in [-0.2, 0) is 26.2 Å². The van der Waals surface area contributed by atoms with Crippen molar-refractivity contribution in [2.24, 2.45) is 0 Å². The molecule has 0 aromatic heterocycles. The van der Waals surface area contributed by atoms with E-state index in [1.54, 1.807) is 38.1 Å². The predicted octanol–water partition coefficient (Wildman–Crippen LogP) is 3.84. The van der Waals surface area contributed by atoms with E-state index in [4.69, 9.17) is 23.2 Å². The van der Waals surface area contributed by atoms with Crippen molar-refractivity contribution >= 4 is 50.7 Å². The molecule has 2 aromatic carbocycles. The van der Waals surface area contributed by atoms with Crippen LogP contribution in [0.5, 0.6) is 0 Å². The molecule has 0 spiro atoms. The summed E-state index contributed by atoms with van der Waals surface area (Å²) >= 11 is 11.8. The van der Waals surface area contributed by atoms with Crippen LogP contribution in [0.1, 0.15) is 25.8 Å². The van der Waals surface area contributed by atoms with Gasteiger partial charge in [0, 0.05) is 18.1 Å². The number of rotatable bonds is 10. The van der Waals surface area contributed by atoms with E-state index >= 15 is 0 Å². The molecule has 2 aromatic rings. The molecule has 0 unspecified atom stereocenters. The van der Waals surface area contributed by atoms with Gasteiger partial charge < -0.3 is 10.2 Å². The van der Waals surface area contributed by atoms with Gasteiger partial charge in [0.1, 0.15) is 18.4 Å². The first kappa shape index (κ1) is 26.9. The first-order chi connectivity index (χ1) is 15.5. The van der Waals surface area contributed by atoms with Crippen molar-refractivity contribution in [2.75, 3.05) is 23.7 Å². The van der Waals surface area contributed by atoms with Crippen molar-refractivity contribution in [3.63, 3.8) is 0 Å². The summed E-state index contributed by atoms with van der Waals surface area (Å²) in [5, 5.41) is 2.95. The Kier molecular flexibility index (Phi) is 9.51. The number of nitrogens with one attached hydrogen (secondary N) is 1. The lowest BCUT2D eigenvalue weighted by atomic mass is 10.1. The zero-order chi connectivity index (χ0) is 24.8.